The predicted octanol–water partition coefficient (Wildman–Crippen LogP) is 1.93. The van der Waals surface area contributed by atoms with Gasteiger partial charge in [0.15, 0.2) is 5.71 Å². The molecule has 134 valence electrons. The highest BCUT2D eigenvalue weighted by molar-refractivity contribution is 6.02. The van der Waals surface area contributed by atoms with Crippen LogP contribution in [0, 0.1) is 6.92 Å². The van der Waals surface area contributed by atoms with Crippen LogP contribution < -0.4 is 21.4 Å². The number of benzene rings is 2. The molecule has 0 aromatic heterocycles. The van der Waals surface area contributed by atoms with Crippen LogP contribution in [0.15, 0.2) is 47.8 Å². The molecule has 1 aliphatic heterocycles. The molecule has 0 atom stereocenters. The minimum atomic E-state index is 0.00839. The normalized spacial score (nSPS) is 14.6. The number of fused-ring (bicyclic) bond motifs is 3. The lowest BCUT2D eigenvalue weighted by molar-refractivity contribution is -0.419. The van der Waals surface area contributed by atoms with Crippen molar-refractivity contribution >= 4 is 23.0 Å². The van der Waals surface area contributed by atoms with Crippen LogP contribution in [0.25, 0.3) is 11.1 Å². The van der Waals surface area contributed by atoms with Crippen LogP contribution in [0.2, 0.25) is 0 Å². The van der Waals surface area contributed by atoms with Gasteiger partial charge in [-0.05, 0) is 42.7 Å². The first-order chi connectivity index (χ1) is 12.4. The van der Waals surface area contributed by atoms with E-state index in [4.69, 9.17) is 5.73 Å². The molecule has 0 bridgehead atoms. The van der Waals surface area contributed by atoms with Crippen LogP contribution in [0.3, 0.4) is 0 Å². The lowest BCUT2D eigenvalue weighted by atomic mass is 9.92. The molecule has 5 N–H and O–H groups in total. The third-order valence-corrected chi connectivity index (χ3v) is 4.78. The second kappa shape index (κ2) is 7.04. The van der Waals surface area contributed by atoms with Crippen molar-refractivity contribution in [1.82, 2.24) is 0 Å². The van der Waals surface area contributed by atoms with Gasteiger partial charge < -0.3 is 16.4 Å². The molecule has 26 heavy (non-hydrogen) atoms. The Hall–Kier alpha value is -3.08. The molecule has 1 aliphatic rings. The zero-order valence-corrected chi connectivity index (χ0v) is 15.7. The average Bonchev–Trinajstić information content (AvgIpc) is 2.75. The van der Waals surface area contributed by atoms with E-state index in [0.29, 0.717) is 12.1 Å². The average molecular weight is 349 g/mol. The summed E-state index contributed by atoms with van der Waals surface area (Å²) in [7, 11) is 1.87. The molecule has 2 aromatic rings. The lowest BCUT2D eigenvalue weighted by Crippen LogP contribution is -2.68. The van der Waals surface area contributed by atoms with Gasteiger partial charge in [-0.25, -0.2) is 4.99 Å². The van der Waals surface area contributed by atoms with Crippen molar-refractivity contribution in [2.75, 3.05) is 17.7 Å². The van der Waals surface area contributed by atoms with Crippen LogP contribution in [0.5, 0.6) is 0 Å². The number of para-hydroxylation sites is 1. The lowest BCUT2D eigenvalue weighted by Gasteiger charge is -2.18. The van der Waals surface area contributed by atoms with Crippen LogP contribution in [-0.4, -0.2) is 18.7 Å². The Morgan fingerprint density at radius 1 is 1.19 bits per heavy atom. The smallest absolute Gasteiger partial charge is 0.228 e. The number of anilines is 2. The third-order valence-electron chi connectivity index (χ3n) is 4.78. The number of amides is 1. The summed E-state index contributed by atoms with van der Waals surface area (Å²) in [6.07, 6.45) is 0.366. The van der Waals surface area contributed by atoms with E-state index < -0.39 is 0 Å². The van der Waals surface area contributed by atoms with E-state index in [2.05, 4.69) is 22.5 Å². The number of carbonyl (C=O) groups excluding carboxylic acids is 1. The minimum absolute atomic E-state index is 0.00839. The number of allylic oxidation sites excluding steroid dienone is 2. The fraction of sp³-hybridized carbons (Fsp3) is 0.238. The molecule has 1 heterocycles. The van der Waals surface area contributed by atoms with Gasteiger partial charge in [-0.2, -0.15) is 0 Å². The third kappa shape index (κ3) is 3.20. The topological polar surface area (TPSA) is 81.1 Å². The maximum absolute atomic E-state index is 12.2. The number of nitrogens with one attached hydrogen (secondary N) is 3. The van der Waals surface area contributed by atoms with E-state index in [9.17, 15) is 4.79 Å². The minimum Gasteiger partial charge on any atom is -0.400 e. The summed E-state index contributed by atoms with van der Waals surface area (Å²) >= 11 is 0. The van der Waals surface area contributed by atoms with E-state index in [1.807, 2.05) is 57.3 Å². The molecule has 5 nitrogen and oxygen atoms in total. The summed E-state index contributed by atoms with van der Waals surface area (Å²) in [6, 6.07) is 12.0. The van der Waals surface area contributed by atoms with Crippen LogP contribution >= 0.6 is 0 Å². The van der Waals surface area contributed by atoms with Gasteiger partial charge in [0, 0.05) is 29.6 Å². The number of hydrogen-bond donors (Lipinski definition) is 4. The molecule has 2 aromatic carbocycles. The van der Waals surface area contributed by atoms with Gasteiger partial charge in [-0.1, -0.05) is 24.3 Å². The molecule has 0 spiro atoms. The maximum Gasteiger partial charge on any atom is 0.228 e. The highest BCUT2D eigenvalue weighted by Crippen LogP contribution is 2.39. The molecule has 0 fully saturated rings. The Balaban J connectivity index is 2.16. The van der Waals surface area contributed by atoms with E-state index in [1.165, 1.54) is 0 Å². The molecule has 0 radical (unpaired) electrons. The highest BCUT2D eigenvalue weighted by Gasteiger charge is 2.22. The van der Waals surface area contributed by atoms with E-state index in [-0.39, 0.29) is 5.91 Å². The monoisotopic (exact) mass is 349 g/mol. The van der Waals surface area contributed by atoms with Crippen molar-refractivity contribution in [3.8, 4) is 11.1 Å². The Kier molecular flexibility index (Phi) is 4.80. The first-order valence-electron chi connectivity index (χ1n) is 8.69. The van der Waals surface area contributed by atoms with E-state index in [1.54, 1.807) is 0 Å². The summed E-state index contributed by atoms with van der Waals surface area (Å²) in [6.45, 7) is 5.93. The number of carbonyl (C=O) groups is 1. The fourth-order valence-corrected chi connectivity index (χ4v) is 3.35. The summed E-state index contributed by atoms with van der Waals surface area (Å²) in [5.41, 5.74) is 14.7. The molecule has 0 saturated carbocycles. The standard InChI is InChI=1S/C21H24N4O/c1-12-17(25-21(13(2)22)14(3)23-4)10-9-15-11-19(26)24-18-8-6-5-7-16(18)20(12)15/h5-10,25H,11,22H2,1-4H3,(H,24,26)/p+1. The number of nitrogens with two attached hydrogens (primary N) is 1. The van der Waals surface area contributed by atoms with E-state index in [0.717, 1.165) is 45.0 Å². The SMILES string of the molecule is C[NH+]=C(C)C(Nc1ccc2c(c1C)-c1ccccc1NC(=O)C2)=C(C)N. The van der Waals surface area contributed by atoms with Crippen molar-refractivity contribution in [3.63, 3.8) is 0 Å². The van der Waals surface area contributed by atoms with Crippen LogP contribution in [0.1, 0.15) is 25.0 Å². The van der Waals surface area contributed by atoms with Gasteiger partial charge in [0.1, 0.15) is 12.7 Å². The van der Waals surface area contributed by atoms with Crippen molar-refractivity contribution in [2.24, 2.45) is 5.73 Å². The molecule has 5 heteroatoms. The highest BCUT2D eigenvalue weighted by atomic mass is 16.1. The molecular weight excluding hydrogens is 324 g/mol. The largest absolute Gasteiger partial charge is 0.400 e. The van der Waals surface area contributed by atoms with Gasteiger partial charge in [0.25, 0.3) is 0 Å². The summed E-state index contributed by atoms with van der Waals surface area (Å²) in [4.78, 5) is 15.4. The Bertz CT molecular complexity index is 937. The number of rotatable bonds is 3. The Morgan fingerprint density at radius 3 is 2.62 bits per heavy atom. The first kappa shape index (κ1) is 17.7. The predicted molar refractivity (Wildman–Crippen MR) is 107 cm³/mol. The van der Waals surface area contributed by atoms with Crippen molar-refractivity contribution in [1.29, 1.82) is 0 Å². The van der Waals surface area contributed by atoms with Crippen molar-refractivity contribution in [3.05, 3.63) is 58.9 Å². The van der Waals surface area contributed by atoms with Crippen molar-refractivity contribution < 1.29 is 9.79 Å². The Labute approximate surface area is 154 Å². The first-order valence-corrected chi connectivity index (χ1v) is 8.69. The van der Waals surface area contributed by atoms with Gasteiger partial charge in [0.2, 0.25) is 5.91 Å². The van der Waals surface area contributed by atoms with E-state index >= 15 is 0 Å². The Morgan fingerprint density at radius 2 is 1.92 bits per heavy atom. The zero-order valence-electron chi connectivity index (χ0n) is 15.7. The van der Waals surface area contributed by atoms with Gasteiger partial charge >= 0.3 is 0 Å². The molecule has 0 saturated heterocycles. The second-order valence-electron chi connectivity index (χ2n) is 6.60. The van der Waals surface area contributed by atoms with Gasteiger partial charge in [0.05, 0.1) is 6.42 Å². The molecule has 3 rings (SSSR count). The summed E-state index contributed by atoms with van der Waals surface area (Å²) in [5, 5.41) is 6.46. The second-order valence-corrected chi connectivity index (χ2v) is 6.60. The molecule has 1 amide bonds. The maximum atomic E-state index is 12.2. The van der Waals surface area contributed by atoms with Gasteiger partial charge in [-0.3, -0.25) is 4.79 Å². The summed E-state index contributed by atoms with van der Waals surface area (Å²) < 4.78 is 0. The van der Waals surface area contributed by atoms with Crippen LogP contribution in [-0.2, 0) is 11.2 Å². The molecule has 0 unspecified atom stereocenters. The van der Waals surface area contributed by atoms with Crippen molar-refractivity contribution in [2.45, 2.75) is 27.2 Å². The van der Waals surface area contributed by atoms with Crippen LogP contribution in [0.4, 0.5) is 11.4 Å². The fourth-order valence-electron chi connectivity index (χ4n) is 3.35. The molecular formula is C21H25N4O+. The summed E-state index contributed by atoms with van der Waals surface area (Å²) in [5.74, 6) is 0.00839. The zero-order chi connectivity index (χ0) is 18.8. The number of hydrogen-bond acceptors (Lipinski definition) is 3. The molecule has 0 aliphatic carbocycles. The quantitative estimate of drug-likeness (QED) is 0.639. The van der Waals surface area contributed by atoms with Gasteiger partial charge in [-0.15, -0.1) is 0 Å².